The van der Waals surface area contributed by atoms with Crippen LogP contribution in [0.1, 0.15) is 11.3 Å². The van der Waals surface area contributed by atoms with E-state index in [-0.39, 0.29) is 5.69 Å². The number of halogens is 3. The fourth-order valence-electron chi connectivity index (χ4n) is 1.61. The van der Waals surface area contributed by atoms with E-state index in [4.69, 9.17) is 0 Å². The molecular weight excluding hydrogens is 245 g/mol. The largest absolute Gasteiger partial charge is 0.431 e. The summed E-state index contributed by atoms with van der Waals surface area (Å²) in [5, 5.41) is 0. The van der Waals surface area contributed by atoms with E-state index in [1.54, 1.807) is 36.2 Å². The minimum Gasteiger partial charge on any atom is -0.302 e. The summed E-state index contributed by atoms with van der Waals surface area (Å²) >= 11 is 0. The fraction of sp³-hybridized carbons (Fsp3) is 0.167. The molecule has 0 saturated carbocycles. The molecule has 3 nitrogen and oxygen atoms in total. The standard InChI is InChI=1S/C12H9F3N2O/c1-7-4-2-3-5-8(7)9-6-10(12(13,14)15)17-11(18)16-9/h2-6H,1H3,(H,16,17,18). The average Bonchev–Trinajstić information content (AvgIpc) is 2.27. The molecule has 1 N–H and O–H groups in total. The van der Waals surface area contributed by atoms with Crippen LogP contribution >= 0.6 is 0 Å². The second kappa shape index (κ2) is 4.29. The molecule has 0 aliphatic carbocycles. The van der Waals surface area contributed by atoms with Gasteiger partial charge in [0.25, 0.3) is 0 Å². The molecule has 1 aromatic heterocycles. The summed E-state index contributed by atoms with van der Waals surface area (Å²) in [6.07, 6.45) is -4.60. The maximum absolute atomic E-state index is 12.6. The summed E-state index contributed by atoms with van der Waals surface area (Å²) in [6, 6.07) is 7.64. The highest BCUT2D eigenvalue weighted by atomic mass is 19.4. The molecule has 1 heterocycles. The van der Waals surface area contributed by atoms with Gasteiger partial charge in [-0.2, -0.15) is 18.2 Å². The number of nitrogens with zero attached hydrogens (tertiary/aromatic N) is 1. The highest BCUT2D eigenvalue weighted by Crippen LogP contribution is 2.29. The van der Waals surface area contributed by atoms with Crippen LogP contribution in [0.5, 0.6) is 0 Å². The molecule has 2 aromatic rings. The maximum atomic E-state index is 12.6. The van der Waals surface area contributed by atoms with Crippen molar-refractivity contribution in [3.05, 3.63) is 52.1 Å². The molecule has 2 rings (SSSR count). The molecule has 0 aliphatic rings. The Kier molecular flexibility index (Phi) is 2.94. The van der Waals surface area contributed by atoms with Gasteiger partial charge in [-0.25, -0.2) is 4.79 Å². The number of nitrogens with one attached hydrogen (secondary N) is 1. The first-order valence-electron chi connectivity index (χ1n) is 5.12. The number of rotatable bonds is 1. The molecule has 1 aromatic carbocycles. The Morgan fingerprint density at radius 2 is 1.89 bits per heavy atom. The van der Waals surface area contributed by atoms with Crippen molar-refractivity contribution >= 4 is 0 Å². The first-order chi connectivity index (χ1) is 8.38. The lowest BCUT2D eigenvalue weighted by Gasteiger charge is -2.09. The monoisotopic (exact) mass is 254 g/mol. The van der Waals surface area contributed by atoms with Crippen molar-refractivity contribution in [2.24, 2.45) is 0 Å². The molecule has 0 amide bonds. The van der Waals surface area contributed by atoms with Crippen LogP contribution in [0.3, 0.4) is 0 Å². The van der Waals surface area contributed by atoms with Gasteiger partial charge in [-0.15, -0.1) is 0 Å². The summed E-state index contributed by atoms with van der Waals surface area (Å²) in [5.74, 6) is 0. The molecule has 0 atom stereocenters. The third kappa shape index (κ3) is 2.42. The zero-order chi connectivity index (χ0) is 13.3. The van der Waals surface area contributed by atoms with E-state index >= 15 is 0 Å². The van der Waals surface area contributed by atoms with Crippen LogP contribution in [0.25, 0.3) is 11.3 Å². The van der Waals surface area contributed by atoms with E-state index in [0.717, 1.165) is 11.6 Å². The van der Waals surface area contributed by atoms with Crippen LogP contribution in [0.15, 0.2) is 35.1 Å². The Morgan fingerprint density at radius 3 is 2.50 bits per heavy atom. The van der Waals surface area contributed by atoms with Crippen molar-refractivity contribution in [3.63, 3.8) is 0 Å². The number of aromatic nitrogens is 2. The smallest absolute Gasteiger partial charge is 0.302 e. The van der Waals surface area contributed by atoms with Gasteiger partial charge in [-0.1, -0.05) is 24.3 Å². The normalized spacial score (nSPS) is 11.6. The van der Waals surface area contributed by atoms with Crippen LogP contribution in [-0.2, 0) is 6.18 Å². The van der Waals surface area contributed by atoms with E-state index in [1.165, 1.54) is 0 Å². The van der Waals surface area contributed by atoms with E-state index < -0.39 is 17.6 Å². The third-order valence-corrected chi connectivity index (χ3v) is 2.47. The SMILES string of the molecule is Cc1ccccc1-c1cc(C(F)(F)F)[nH]c(=O)n1. The maximum Gasteiger partial charge on any atom is 0.431 e. The number of hydrogen-bond acceptors (Lipinski definition) is 2. The summed E-state index contributed by atoms with van der Waals surface area (Å²) < 4.78 is 37.7. The summed E-state index contributed by atoms with van der Waals surface area (Å²) in [7, 11) is 0. The van der Waals surface area contributed by atoms with Crippen molar-refractivity contribution in [1.82, 2.24) is 9.97 Å². The molecule has 0 radical (unpaired) electrons. The highest BCUT2D eigenvalue weighted by molar-refractivity contribution is 5.63. The molecule has 6 heteroatoms. The summed E-state index contributed by atoms with van der Waals surface area (Å²) in [4.78, 5) is 16.4. The second-order valence-corrected chi connectivity index (χ2v) is 3.80. The lowest BCUT2D eigenvalue weighted by atomic mass is 10.1. The van der Waals surface area contributed by atoms with Crippen molar-refractivity contribution in [1.29, 1.82) is 0 Å². The number of hydrogen-bond donors (Lipinski definition) is 1. The van der Waals surface area contributed by atoms with Gasteiger partial charge in [-0.3, -0.25) is 0 Å². The van der Waals surface area contributed by atoms with Gasteiger partial charge in [0, 0.05) is 5.56 Å². The topological polar surface area (TPSA) is 45.8 Å². The third-order valence-electron chi connectivity index (χ3n) is 2.47. The van der Waals surface area contributed by atoms with E-state index in [1.807, 2.05) is 0 Å². The number of aryl methyl sites for hydroxylation is 1. The predicted molar refractivity (Wildman–Crippen MR) is 60.0 cm³/mol. The van der Waals surface area contributed by atoms with Crippen molar-refractivity contribution in [2.75, 3.05) is 0 Å². The van der Waals surface area contributed by atoms with Gasteiger partial charge in [0.1, 0.15) is 5.69 Å². The second-order valence-electron chi connectivity index (χ2n) is 3.80. The van der Waals surface area contributed by atoms with Crippen LogP contribution in [0, 0.1) is 6.92 Å². The molecule has 0 aliphatic heterocycles. The Balaban J connectivity index is 2.63. The van der Waals surface area contributed by atoms with E-state index in [9.17, 15) is 18.0 Å². The van der Waals surface area contributed by atoms with Crippen LogP contribution < -0.4 is 5.69 Å². The summed E-state index contributed by atoms with van der Waals surface area (Å²) in [6.45, 7) is 1.74. The molecule has 94 valence electrons. The van der Waals surface area contributed by atoms with Crippen LogP contribution in [0.4, 0.5) is 13.2 Å². The van der Waals surface area contributed by atoms with Crippen molar-refractivity contribution < 1.29 is 13.2 Å². The average molecular weight is 254 g/mol. The predicted octanol–water partition coefficient (Wildman–Crippen LogP) is 2.76. The fourth-order valence-corrected chi connectivity index (χ4v) is 1.61. The van der Waals surface area contributed by atoms with Gasteiger partial charge in [-0.05, 0) is 18.6 Å². The Morgan fingerprint density at radius 1 is 1.22 bits per heavy atom. The van der Waals surface area contributed by atoms with Gasteiger partial charge in [0.2, 0.25) is 0 Å². The zero-order valence-electron chi connectivity index (χ0n) is 9.38. The van der Waals surface area contributed by atoms with Gasteiger partial charge in [0.05, 0.1) is 5.69 Å². The van der Waals surface area contributed by atoms with E-state index in [2.05, 4.69) is 4.98 Å². The molecule has 18 heavy (non-hydrogen) atoms. The van der Waals surface area contributed by atoms with Crippen LogP contribution in [-0.4, -0.2) is 9.97 Å². The molecule has 0 spiro atoms. The number of H-pyrrole nitrogens is 1. The molecule has 0 fully saturated rings. The lowest BCUT2D eigenvalue weighted by Crippen LogP contribution is -2.19. The van der Waals surface area contributed by atoms with Gasteiger partial charge < -0.3 is 4.98 Å². The minimum atomic E-state index is -4.60. The highest BCUT2D eigenvalue weighted by Gasteiger charge is 2.32. The van der Waals surface area contributed by atoms with Gasteiger partial charge >= 0.3 is 11.9 Å². The molecular formula is C12H9F3N2O. The Labute approximate surface area is 100 Å². The number of alkyl halides is 3. The first-order valence-corrected chi connectivity index (χ1v) is 5.12. The van der Waals surface area contributed by atoms with Crippen molar-refractivity contribution in [2.45, 2.75) is 13.1 Å². The molecule has 0 unspecified atom stereocenters. The Hall–Kier alpha value is -2.11. The van der Waals surface area contributed by atoms with Crippen LogP contribution in [0.2, 0.25) is 0 Å². The van der Waals surface area contributed by atoms with Crippen molar-refractivity contribution in [3.8, 4) is 11.3 Å². The molecule has 0 saturated heterocycles. The zero-order valence-corrected chi connectivity index (χ0v) is 9.38. The van der Waals surface area contributed by atoms with Gasteiger partial charge in [0.15, 0.2) is 0 Å². The number of aromatic amines is 1. The lowest BCUT2D eigenvalue weighted by molar-refractivity contribution is -0.141. The number of benzene rings is 1. The molecule has 0 bridgehead atoms. The minimum absolute atomic E-state index is 0.0178. The first kappa shape index (κ1) is 12.3. The van der Waals surface area contributed by atoms with E-state index in [0.29, 0.717) is 5.56 Å². The Bertz CT molecular complexity index is 632. The summed E-state index contributed by atoms with van der Waals surface area (Å²) in [5.41, 5.74) is -0.828. The quantitative estimate of drug-likeness (QED) is 0.850.